The number of allylic oxidation sites excluding steroid dienone is 1. The predicted octanol–water partition coefficient (Wildman–Crippen LogP) is 1.22. The third-order valence-corrected chi connectivity index (χ3v) is 5.54. The molecule has 1 aliphatic rings. The number of aldehydes is 1. The van der Waals surface area contributed by atoms with Gasteiger partial charge in [0.2, 0.25) is 0 Å². The number of carbonyl (C=O) groups excluding carboxylic acids is 3. The van der Waals surface area contributed by atoms with E-state index in [0.29, 0.717) is 30.4 Å². The van der Waals surface area contributed by atoms with Crippen molar-refractivity contribution >= 4 is 34.9 Å². The van der Waals surface area contributed by atoms with Gasteiger partial charge in [-0.3, -0.25) is 19.2 Å². The minimum Gasteiger partial charge on any atom is -0.408 e. The Bertz CT molecular complexity index is 1300. The molecule has 5 N–H and O–H groups in total. The predicted molar refractivity (Wildman–Crippen MR) is 146 cm³/mol. The molecule has 3 rings (SSSR count). The van der Waals surface area contributed by atoms with Crippen LogP contribution in [0, 0.1) is 0 Å². The molecule has 1 atom stereocenters. The number of fused-ring (bicyclic) bond motifs is 1. The van der Waals surface area contributed by atoms with Crippen LogP contribution in [0.5, 0.6) is 0 Å². The molecule has 0 aliphatic carbocycles. The molecule has 0 spiro atoms. The maximum atomic E-state index is 12.9. The molecule has 206 valence electrons. The number of carbonyl (C=O) groups is 3. The summed E-state index contributed by atoms with van der Waals surface area (Å²) >= 11 is 0. The smallest absolute Gasteiger partial charge is 0.408 e. The maximum Gasteiger partial charge on any atom is 0.419 e. The zero-order valence-corrected chi connectivity index (χ0v) is 22.7. The van der Waals surface area contributed by atoms with Crippen LogP contribution in [0.3, 0.4) is 0 Å². The molecule has 38 heavy (non-hydrogen) atoms. The van der Waals surface area contributed by atoms with Gasteiger partial charge in [0.25, 0.3) is 11.8 Å². The Morgan fingerprint density at radius 2 is 1.92 bits per heavy atom. The van der Waals surface area contributed by atoms with Gasteiger partial charge >= 0.3 is 5.76 Å². The van der Waals surface area contributed by atoms with Crippen LogP contribution < -0.4 is 27.5 Å². The van der Waals surface area contributed by atoms with E-state index >= 15 is 0 Å². The molecular formula is C26H37N7O5. The Balaban J connectivity index is 0.00000247. The van der Waals surface area contributed by atoms with Gasteiger partial charge in [0.05, 0.1) is 11.6 Å². The topological polar surface area (TPSA) is 164 Å². The molecule has 0 saturated carbocycles. The van der Waals surface area contributed by atoms with Gasteiger partial charge < -0.3 is 25.2 Å². The molecule has 0 fully saturated rings. The van der Waals surface area contributed by atoms with Crippen molar-refractivity contribution in [3.05, 3.63) is 58.0 Å². The number of rotatable bonds is 10. The van der Waals surface area contributed by atoms with Crippen molar-refractivity contribution < 1.29 is 18.8 Å². The number of nitrogens with zero attached hydrogens (tertiary/aromatic N) is 3. The lowest BCUT2D eigenvalue weighted by molar-refractivity contribution is -0.122. The number of benzene rings is 1. The van der Waals surface area contributed by atoms with Gasteiger partial charge in [-0.25, -0.2) is 15.6 Å². The molecule has 12 nitrogen and oxygen atoms in total. The molecule has 1 aromatic carbocycles. The lowest BCUT2D eigenvalue weighted by Crippen LogP contribution is -2.46. The lowest BCUT2D eigenvalue weighted by Gasteiger charge is -2.26. The van der Waals surface area contributed by atoms with Crippen LogP contribution in [0.4, 0.5) is 0 Å². The first kappa shape index (κ1) is 30.2. The summed E-state index contributed by atoms with van der Waals surface area (Å²) in [6.07, 6.45) is 3.89. The summed E-state index contributed by atoms with van der Waals surface area (Å²) in [5.74, 6) is 4.64. The number of hydrogen-bond donors (Lipinski definition) is 4. The monoisotopic (exact) mass is 527 g/mol. The van der Waals surface area contributed by atoms with E-state index in [0.717, 1.165) is 10.6 Å². The molecule has 1 aliphatic heterocycles. The van der Waals surface area contributed by atoms with Crippen LogP contribution in [-0.2, 0) is 28.0 Å². The fourth-order valence-electron chi connectivity index (χ4n) is 3.53. The Hall–Kier alpha value is -4.03. The Morgan fingerprint density at radius 3 is 2.55 bits per heavy atom. The number of nitrogens with two attached hydrogens (primary N) is 1. The van der Waals surface area contributed by atoms with Crippen LogP contribution in [0.25, 0.3) is 11.1 Å². The summed E-state index contributed by atoms with van der Waals surface area (Å²) in [6, 6.07) is 4.65. The highest BCUT2D eigenvalue weighted by molar-refractivity contribution is 6.44. The van der Waals surface area contributed by atoms with Crippen LogP contribution in [0.2, 0.25) is 0 Å². The normalized spacial score (nSPS) is 14.9. The number of nitrogens with one attached hydrogen (secondary N) is 3. The number of aliphatic imine (C=N–C) groups is 1. The van der Waals surface area contributed by atoms with Crippen molar-refractivity contribution in [1.82, 2.24) is 25.5 Å². The SMILES string of the molecule is C/C=C1/N=C(C(=O)NCc2ccc3oc(=O)n(C)c3c2)C=C(C(=O)NC(C=O)CCNC(C)C)N1N.CC. The molecule has 2 amide bonds. The minimum absolute atomic E-state index is 0.0177. The quantitative estimate of drug-likeness (QED) is 0.265. The van der Waals surface area contributed by atoms with Gasteiger partial charge in [-0.05, 0) is 43.7 Å². The number of amides is 2. The van der Waals surface area contributed by atoms with Crippen molar-refractivity contribution in [1.29, 1.82) is 0 Å². The largest absolute Gasteiger partial charge is 0.419 e. The van der Waals surface area contributed by atoms with E-state index in [4.69, 9.17) is 10.3 Å². The van der Waals surface area contributed by atoms with E-state index in [2.05, 4.69) is 20.9 Å². The summed E-state index contributed by atoms with van der Waals surface area (Å²) < 4.78 is 6.49. The standard InChI is InChI=1S/C24H31N7O5.C2H6/c1-5-21-29-17(11-19(31(21)25)23(34)28-16(13-32)8-9-26-14(2)3)22(33)27-12-15-6-7-20-18(10-15)30(4)24(35)36-20;1-2/h5-7,10-11,13-14,16,26H,8-9,12,25H2,1-4H3,(H,27,33)(H,28,34);1-2H3/b21-5-;. The average Bonchev–Trinajstić information content (AvgIpc) is 3.20. The van der Waals surface area contributed by atoms with Crippen LogP contribution in [0.15, 0.2) is 56.1 Å². The molecule has 1 unspecified atom stereocenters. The molecule has 12 heteroatoms. The van der Waals surface area contributed by atoms with Crippen molar-refractivity contribution in [3.63, 3.8) is 0 Å². The second-order valence-corrected chi connectivity index (χ2v) is 8.57. The minimum atomic E-state index is -0.725. The van der Waals surface area contributed by atoms with E-state index < -0.39 is 23.6 Å². The zero-order chi connectivity index (χ0) is 28.4. The number of aromatic nitrogens is 1. The fraction of sp³-hybridized carbons (Fsp3) is 0.423. The lowest BCUT2D eigenvalue weighted by atomic mass is 10.1. The Labute approximate surface area is 221 Å². The van der Waals surface area contributed by atoms with Gasteiger partial charge in [-0.1, -0.05) is 33.8 Å². The van der Waals surface area contributed by atoms with Gasteiger partial charge in [0.1, 0.15) is 23.5 Å². The van der Waals surface area contributed by atoms with Gasteiger partial charge in [0.15, 0.2) is 5.58 Å². The average molecular weight is 528 g/mol. The zero-order valence-electron chi connectivity index (χ0n) is 22.7. The highest BCUT2D eigenvalue weighted by Gasteiger charge is 2.27. The van der Waals surface area contributed by atoms with Crippen LogP contribution >= 0.6 is 0 Å². The Morgan fingerprint density at radius 1 is 1.21 bits per heavy atom. The molecule has 2 heterocycles. The van der Waals surface area contributed by atoms with Crippen molar-refractivity contribution in [2.75, 3.05) is 6.54 Å². The number of aryl methyl sites for hydroxylation is 1. The first-order valence-electron chi connectivity index (χ1n) is 12.5. The first-order valence-corrected chi connectivity index (χ1v) is 12.5. The van der Waals surface area contributed by atoms with Crippen molar-refractivity contribution in [3.8, 4) is 0 Å². The van der Waals surface area contributed by atoms with Crippen LogP contribution in [0.1, 0.15) is 46.6 Å². The Kier molecular flexibility index (Phi) is 11.2. The molecule has 0 radical (unpaired) electrons. The second-order valence-electron chi connectivity index (χ2n) is 8.57. The highest BCUT2D eigenvalue weighted by atomic mass is 16.4. The molecular weight excluding hydrogens is 490 g/mol. The van der Waals surface area contributed by atoms with E-state index in [1.165, 1.54) is 10.6 Å². The van der Waals surface area contributed by atoms with E-state index in [9.17, 15) is 19.2 Å². The summed E-state index contributed by atoms with van der Waals surface area (Å²) in [5, 5.41) is 9.64. The number of oxazole rings is 1. The summed E-state index contributed by atoms with van der Waals surface area (Å²) in [4.78, 5) is 53.2. The maximum absolute atomic E-state index is 12.9. The molecule has 1 aromatic heterocycles. The second kappa shape index (κ2) is 14.1. The number of hydrazine groups is 1. The number of hydrogen-bond acceptors (Lipinski definition) is 9. The van der Waals surface area contributed by atoms with E-state index in [1.54, 1.807) is 38.2 Å². The van der Waals surface area contributed by atoms with Gasteiger partial charge in [0, 0.05) is 25.7 Å². The first-order chi connectivity index (χ1) is 18.1. The summed E-state index contributed by atoms with van der Waals surface area (Å²) in [6.45, 7) is 10.3. The van der Waals surface area contributed by atoms with Crippen LogP contribution in [-0.4, -0.2) is 52.0 Å². The molecule has 0 saturated heterocycles. The van der Waals surface area contributed by atoms with Crippen molar-refractivity contribution in [2.45, 2.75) is 59.7 Å². The third kappa shape index (κ3) is 7.49. The van der Waals surface area contributed by atoms with Gasteiger partial charge in [-0.15, -0.1) is 0 Å². The summed E-state index contributed by atoms with van der Waals surface area (Å²) in [7, 11) is 1.60. The summed E-state index contributed by atoms with van der Waals surface area (Å²) in [5.41, 5.74) is 1.74. The molecule has 0 bridgehead atoms. The van der Waals surface area contributed by atoms with Crippen molar-refractivity contribution in [2.24, 2.45) is 17.9 Å². The van der Waals surface area contributed by atoms with Gasteiger partial charge in [-0.2, -0.15) is 0 Å². The fourth-order valence-corrected chi connectivity index (χ4v) is 3.53. The van der Waals surface area contributed by atoms with E-state index in [-0.39, 0.29) is 29.8 Å². The third-order valence-electron chi connectivity index (χ3n) is 5.54. The van der Waals surface area contributed by atoms with E-state index in [1.807, 2.05) is 27.7 Å². The highest BCUT2D eigenvalue weighted by Crippen LogP contribution is 2.17. The molecule has 2 aromatic rings.